The van der Waals surface area contributed by atoms with Gasteiger partial charge in [-0.1, -0.05) is 6.07 Å². The molecule has 1 aliphatic rings. The summed E-state index contributed by atoms with van der Waals surface area (Å²) in [6, 6.07) is 6.23. The van der Waals surface area contributed by atoms with Gasteiger partial charge in [-0.25, -0.2) is 4.79 Å². The number of hydrogen-bond acceptors (Lipinski definition) is 3. The zero-order valence-electron chi connectivity index (χ0n) is 9.97. The number of carboxylic acid groups (broad SMARTS) is 1. The van der Waals surface area contributed by atoms with E-state index in [0.29, 0.717) is 5.69 Å². The molecule has 0 saturated heterocycles. The molecule has 4 N–H and O–H groups in total. The lowest BCUT2D eigenvalue weighted by Crippen LogP contribution is -2.44. The first-order valence-electron chi connectivity index (χ1n) is 5.76. The minimum absolute atomic E-state index is 0.0802. The van der Waals surface area contributed by atoms with Gasteiger partial charge in [-0.3, -0.25) is 15.6 Å². The van der Waals surface area contributed by atoms with Crippen LogP contribution >= 0.6 is 12.2 Å². The highest BCUT2D eigenvalue weighted by Crippen LogP contribution is 2.28. The summed E-state index contributed by atoms with van der Waals surface area (Å²) < 4.78 is 0. The first-order valence-corrected chi connectivity index (χ1v) is 6.17. The topological polar surface area (TPSA) is 90.5 Å². The van der Waals surface area contributed by atoms with Crippen molar-refractivity contribution in [3.05, 3.63) is 29.8 Å². The van der Waals surface area contributed by atoms with Crippen molar-refractivity contribution in [2.45, 2.75) is 12.8 Å². The van der Waals surface area contributed by atoms with E-state index in [1.165, 1.54) is 12.1 Å². The fourth-order valence-corrected chi connectivity index (χ4v) is 1.63. The molecular weight excluding hydrogens is 266 g/mol. The van der Waals surface area contributed by atoms with Gasteiger partial charge >= 0.3 is 5.97 Å². The van der Waals surface area contributed by atoms with Gasteiger partial charge in [-0.15, -0.1) is 0 Å². The van der Waals surface area contributed by atoms with Crippen LogP contribution in [0.15, 0.2) is 24.3 Å². The van der Waals surface area contributed by atoms with E-state index in [0.717, 1.165) is 12.8 Å². The van der Waals surface area contributed by atoms with E-state index in [2.05, 4.69) is 16.2 Å². The minimum Gasteiger partial charge on any atom is -0.478 e. The van der Waals surface area contributed by atoms with Crippen molar-refractivity contribution in [1.82, 2.24) is 10.9 Å². The van der Waals surface area contributed by atoms with E-state index in [-0.39, 0.29) is 22.5 Å². The molecule has 1 aliphatic carbocycles. The number of hydrazine groups is 1. The maximum Gasteiger partial charge on any atom is 0.335 e. The molecule has 0 heterocycles. The van der Waals surface area contributed by atoms with E-state index in [1.54, 1.807) is 12.1 Å². The quantitative estimate of drug-likeness (QED) is 0.489. The van der Waals surface area contributed by atoms with Crippen molar-refractivity contribution < 1.29 is 14.7 Å². The highest BCUT2D eigenvalue weighted by molar-refractivity contribution is 7.80. The summed E-state index contributed by atoms with van der Waals surface area (Å²) in [5, 5.41) is 11.9. The maximum absolute atomic E-state index is 11.4. The molecule has 7 heteroatoms. The van der Waals surface area contributed by atoms with E-state index in [4.69, 9.17) is 17.3 Å². The number of carboxylic acids is 1. The molecule has 6 nitrogen and oxygen atoms in total. The molecule has 19 heavy (non-hydrogen) atoms. The van der Waals surface area contributed by atoms with Crippen LogP contribution in [0.25, 0.3) is 0 Å². The van der Waals surface area contributed by atoms with Crippen molar-refractivity contribution in [2.24, 2.45) is 5.92 Å². The van der Waals surface area contributed by atoms with Crippen LogP contribution in [-0.2, 0) is 4.79 Å². The number of amides is 1. The molecule has 1 saturated carbocycles. The molecule has 0 atom stereocenters. The van der Waals surface area contributed by atoms with E-state index >= 15 is 0 Å². The SMILES string of the molecule is O=C(O)c1cccc(NC(=S)NNC(=O)C2CC2)c1. The summed E-state index contributed by atoms with van der Waals surface area (Å²) in [5.74, 6) is -1.00. The van der Waals surface area contributed by atoms with Gasteiger partial charge in [0.05, 0.1) is 5.56 Å². The Morgan fingerprint density at radius 3 is 2.63 bits per heavy atom. The number of benzene rings is 1. The maximum atomic E-state index is 11.4. The fraction of sp³-hybridized carbons (Fsp3) is 0.250. The van der Waals surface area contributed by atoms with Crippen LogP contribution in [-0.4, -0.2) is 22.1 Å². The van der Waals surface area contributed by atoms with Gasteiger partial charge in [0.2, 0.25) is 5.91 Å². The van der Waals surface area contributed by atoms with Gasteiger partial charge in [0.25, 0.3) is 0 Å². The summed E-state index contributed by atoms with van der Waals surface area (Å²) >= 11 is 4.99. The predicted molar refractivity (Wildman–Crippen MR) is 73.6 cm³/mol. The third kappa shape index (κ3) is 3.92. The molecule has 1 aromatic carbocycles. The molecule has 0 bridgehead atoms. The van der Waals surface area contributed by atoms with Gasteiger partial charge < -0.3 is 10.4 Å². The van der Waals surface area contributed by atoms with Crippen molar-refractivity contribution in [3.8, 4) is 0 Å². The molecular formula is C12H13N3O3S. The second-order valence-corrected chi connectivity index (χ2v) is 4.64. The second kappa shape index (κ2) is 5.66. The van der Waals surface area contributed by atoms with Crippen molar-refractivity contribution >= 4 is 34.9 Å². The third-order valence-corrected chi connectivity index (χ3v) is 2.82. The molecule has 0 spiro atoms. The van der Waals surface area contributed by atoms with Crippen LogP contribution in [0.4, 0.5) is 5.69 Å². The summed E-state index contributed by atoms with van der Waals surface area (Å²) in [7, 11) is 0. The predicted octanol–water partition coefficient (Wildman–Crippen LogP) is 1.11. The number of nitrogens with one attached hydrogen (secondary N) is 3. The smallest absolute Gasteiger partial charge is 0.335 e. The number of hydrogen-bond donors (Lipinski definition) is 4. The monoisotopic (exact) mass is 279 g/mol. The van der Waals surface area contributed by atoms with Gasteiger partial charge in [0.15, 0.2) is 5.11 Å². The van der Waals surface area contributed by atoms with Crippen LogP contribution in [0, 0.1) is 5.92 Å². The van der Waals surface area contributed by atoms with E-state index in [1.807, 2.05) is 0 Å². The Hall–Kier alpha value is -2.15. The van der Waals surface area contributed by atoms with E-state index < -0.39 is 5.97 Å². The number of thiocarbonyl (C=S) groups is 1. The van der Waals surface area contributed by atoms with Crippen LogP contribution in [0.1, 0.15) is 23.2 Å². The average molecular weight is 279 g/mol. The number of aromatic carboxylic acids is 1. The number of anilines is 1. The lowest BCUT2D eigenvalue weighted by Gasteiger charge is -2.11. The highest BCUT2D eigenvalue weighted by Gasteiger charge is 2.29. The lowest BCUT2D eigenvalue weighted by molar-refractivity contribution is -0.122. The summed E-state index contributed by atoms with van der Waals surface area (Å²) in [6.45, 7) is 0. The number of carbonyl (C=O) groups is 2. The largest absolute Gasteiger partial charge is 0.478 e. The molecule has 1 aromatic rings. The molecule has 1 fully saturated rings. The van der Waals surface area contributed by atoms with Gasteiger partial charge in [0, 0.05) is 11.6 Å². The van der Waals surface area contributed by atoms with Crippen molar-refractivity contribution in [3.63, 3.8) is 0 Å². The van der Waals surface area contributed by atoms with Crippen LogP contribution in [0.3, 0.4) is 0 Å². The van der Waals surface area contributed by atoms with Crippen molar-refractivity contribution in [2.75, 3.05) is 5.32 Å². The standard InChI is InChI=1S/C12H13N3O3S/c16-10(7-4-5-7)14-15-12(19)13-9-3-1-2-8(6-9)11(17)18/h1-3,6-7H,4-5H2,(H,14,16)(H,17,18)(H2,13,15,19). The lowest BCUT2D eigenvalue weighted by atomic mass is 10.2. The highest BCUT2D eigenvalue weighted by atomic mass is 32.1. The molecule has 0 aliphatic heterocycles. The average Bonchev–Trinajstić information content (AvgIpc) is 3.20. The second-order valence-electron chi connectivity index (χ2n) is 4.23. The Balaban J connectivity index is 1.85. The molecule has 2 rings (SSSR count). The Bertz CT molecular complexity index is 529. The van der Waals surface area contributed by atoms with Crippen LogP contribution in [0.5, 0.6) is 0 Å². The number of rotatable bonds is 3. The Morgan fingerprint density at radius 1 is 1.26 bits per heavy atom. The number of carbonyl (C=O) groups excluding carboxylic acids is 1. The van der Waals surface area contributed by atoms with Crippen LogP contribution < -0.4 is 16.2 Å². The summed E-state index contributed by atoms with van der Waals surface area (Å²) in [6.07, 6.45) is 1.82. The van der Waals surface area contributed by atoms with Gasteiger partial charge in [-0.05, 0) is 43.3 Å². The van der Waals surface area contributed by atoms with Crippen molar-refractivity contribution in [1.29, 1.82) is 0 Å². The van der Waals surface area contributed by atoms with E-state index in [9.17, 15) is 9.59 Å². The normalized spacial score (nSPS) is 13.5. The molecule has 0 aromatic heterocycles. The zero-order valence-corrected chi connectivity index (χ0v) is 10.8. The molecule has 0 unspecified atom stereocenters. The first kappa shape index (κ1) is 13.3. The summed E-state index contributed by atoms with van der Waals surface area (Å²) in [4.78, 5) is 22.2. The third-order valence-electron chi connectivity index (χ3n) is 2.61. The molecule has 0 radical (unpaired) electrons. The Kier molecular flexibility index (Phi) is 3.96. The fourth-order valence-electron chi connectivity index (χ4n) is 1.46. The zero-order chi connectivity index (χ0) is 13.8. The molecule has 100 valence electrons. The van der Waals surface area contributed by atoms with Gasteiger partial charge in [-0.2, -0.15) is 0 Å². The van der Waals surface area contributed by atoms with Gasteiger partial charge in [0.1, 0.15) is 0 Å². The molecule has 1 amide bonds. The minimum atomic E-state index is -1.01. The summed E-state index contributed by atoms with van der Waals surface area (Å²) in [5.41, 5.74) is 5.77. The van der Waals surface area contributed by atoms with Crippen LogP contribution in [0.2, 0.25) is 0 Å². The first-order chi connectivity index (χ1) is 9.06. The Labute approximate surface area is 115 Å². The Morgan fingerprint density at radius 2 is 2.00 bits per heavy atom.